The van der Waals surface area contributed by atoms with E-state index in [9.17, 15) is 44.3 Å². The van der Waals surface area contributed by atoms with Gasteiger partial charge in [0, 0.05) is 11.1 Å². The Morgan fingerprint density at radius 3 is 1.69 bits per heavy atom. The van der Waals surface area contributed by atoms with Crippen molar-refractivity contribution in [3.05, 3.63) is 64.7 Å². The SMILES string of the molecule is O=C(Nc1nnc(-c2ccc(C(F)(F)F)cc2)o1)c1cc(C(F)(F)F)cc(C(F)(F)F)c1. The molecule has 0 aliphatic heterocycles. The molecule has 0 aliphatic carbocycles. The summed E-state index contributed by atoms with van der Waals surface area (Å²) in [6.45, 7) is 0. The van der Waals surface area contributed by atoms with Crippen molar-refractivity contribution >= 4 is 11.9 Å². The van der Waals surface area contributed by atoms with Crippen LogP contribution in [-0.4, -0.2) is 16.1 Å². The molecule has 170 valence electrons. The molecule has 14 heteroatoms. The van der Waals surface area contributed by atoms with E-state index in [0.29, 0.717) is 0 Å². The Hall–Kier alpha value is -3.58. The molecule has 2 aromatic carbocycles. The highest BCUT2D eigenvalue weighted by molar-refractivity contribution is 6.03. The van der Waals surface area contributed by atoms with Gasteiger partial charge in [0.05, 0.1) is 16.7 Å². The van der Waals surface area contributed by atoms with E-state index in [1.54, 1.807) is 0 Å². The normalized spacial score (nSPS) is 12.7. The maximum atomic E-state index is 12.9. The Bertz CT molecular complexity index is 1100. The first-order valence-corrected chi connectivity index (χ1v) is 8.26. The molecule has 1 N–H and O–H groups in total. The Kier molecular flexibility index (Phi) is 5.65. The number of hydrogen-bond donors (Lipinski definition) is 1. The summed E-state index contributed by atoms with van der Waals surface area (Å²) in [5.74, 6) is -1.77. The van der Waals surface area contributed by atoms with Gasteiger partial charge in [-0.1, -0.05) is 5.10 Å². The predicted molar refractivity (Wildman–Crippen MR) is 89.1 cm³/mol. The number of halogens is 9. The molecule has 0 aliphatic rings. The molecular weight excluding hydrogens is 461 g/mol. The minimum atomic E-state index is -5.16. The molecule has 0 saturated heterocycles. The fraction of sp³-hybridized carbons (Fsp3) is 0.167. The number of alkyl halides is 9. The van der Waals surface area contributed by atoms with Crippen LogP contribution < -0.4 is 5.32 Å². The molecule has 3 aromatic rings. The highest BCUT2D eigenvalue weighted by Crippen LogP contribution is 2.36. The molecule has 0 bridgehead atoms. The zero-order valence-corrected chi connectivity index (χ0v) is 15.2. The lowest BCUT2D eigenvalue weighted by atomic mass is 10.0. The van der Waals surface area contributed by atoms with E-state index in [1.807, 2.05) is 5.32 Å². The zero-order chi connectivity index (χ0) is 23.9. The van der Waals surface area contributed by atoms with Gasteiger partial charge >= 0.3 is 24.5 Å². The molecule has 0 saturated carbocycles. The standard InChI is InChI=1S/C18H8F9N3O2/c19-16(20,21)10-3-1-8(2-4-10)14-29-30-15(32-14)28-13(31)9-5-11(17(22,23)24)7-12(6-9)18(25,26)27/h1-7H,(H,28,30,31). The van der Waals surface area contributed by atoms with E-state index in [4.69, 9.17) is 4.42 Å². The fourth-order valence-corrected chi connectivity index (χ4v) is 2.45. The topological polar surface area (TPSA) is 68.0 Å². The van der Waals surface area contributed by atoms with E-state index in [2.05, 4.69) is 10.2 Å². The van der Waals surface area contributed by atoms with Crippen molar-refractivity contribution in [3.8, 4) is 11.5 Å². The van der Waals surface area contributed by atoms with Crippen LogP contribution in [0.1, 0.15) is 27.0 Å². The van der Waals surface area contributed by atoms with Gasteiger partial charge in [0.1, 0.15) is 0 Å². The first-order valence-electron chi connectivity index (χ1n) is 8.26. The number of nitrogens with one attached hydrogen (secondary N) is 1. The van der Waals surface area contributed by atoms with E-state index in [0.717, 1.165) is 24.3 Å². The number of carbonyl (C=O) groups excluding carboxylic acids is 1. The molecule has 0 fully saturated rings. The third-order valence-corrected chi connectivity index (χ3v) is 3.95. The summed E-state index contributed by atoms with van der Waals surface area (Å²) in [6, 6.07) is 2.99. The number of carbonyl (C=O) groups is 1. The van der Waals surface area contributed by atoms with E-state index in [-0.39, 0.29) is 29.7 Å². The van der Waals surface area contributed by atoms with E-state index >= 15 is 0 Å². The molecule has 1 amide bonds. The molecule has 0 radical (unpaired) electrons. The van der Waals surface area contributed by atoms with Gasteiger partial charge in [-0.15, -0.1) is 5.10 Å². The summed E-state index contributed by atoms with van der Waals surface area (Å²) in [5, 5.41) is 8.67. The van der Waals surface area contributed by atoms with Crippen LogP contribution in [0.2, 0.25) is 0 Å². The maximum Gasteiger partial charge on any atom is 0.416 e. The van der Waals surface area contributed by atoms with Crippen molar-refractivity contribution < 1.29 is 48.7 Å². The summed E-state index contributed by atoms with van der Waals surface area (Å²) in [4.78, 5) is 12.2. The third kappa shape index (κ3) is 5.18. The zero-order valence-electron chi connectivity index (χ0n) is 15.2. The van der Waals surface area contributed by atoms with Crippen molar-refractivity contribution in [2.75, 3.05) is 5.32 Å². The number of rotatable bonds is 3. The van der Waals surface area contributed by atoms with Crippen LogP contribution >= 0.6 is 0 Å². The summed E-state index contributed by atoms with van der Waals surface area (Å²) in [6.07, 6.45) is -14.9. The van der Waals surface area contributed by atoms with Gasteiger partial charge in [0.2, 0.25) is 5.89 Å². The molecular formula is C18H8F9N3O2. The van der Waals surface area contributed by atoms with Gasteiger partial charge in [-0.3, -0.25) is 10.1 Å². The molecule has 5 nitrogen and oxygen atoms in total. The predicted octanol–water partition coefficient (Wildman–Crippen LogP) is 6.05. The van der Waals surface area contributed by atoms with Crippen LogP contribution in [0.25, 0.3) is 11.5 Å². The monoisotopic (exact) mass is 469 g/mol. The van der Waals surface area contributed by atoms with Gasteiger partial charge in [-0.2, -0.15) is 39.5 Å². The number of nitrogens with zero attached hydrogens (tertiary/aromatic N) is 2. The van der Waals surface area contributed by atoms with E-state index in [1.165, 1.54) is 0 Å². The summed E-state index contributed by atoms with van der Waals surface area (Å²) < 4.78 is 120. The molecule has 0 atom stereocenters. The first kappa shape index (κ1) is 23.1. The van der Waals surface area contributed by atoms with Crippen LogP contribution in [0.3, 0.4) is 0 Å². The number of benzene rings is 2. The van der Waals surface area contributed by atoms with Crippen LogP contribution in [0.4, 0.5) is 45.5 Å². The lowest BCUT2D eigenvalue weighted by Gasteiger charge is -2.13. The Labute approximate surface area is 171 Å². The smallest absolute Gasteiger partial charge is 0.403 e. The Balaban J connectivity index is 1.85. The van der Waals surface area contributed by atoms with Crippen LogP contribution in [0.5, 0.6) is 0 Å². The minimum Gasteiger partial charge on any atom is -0.403 e. The molecule has 32 heavy (non-hydrogen) atoms. The van der Waals surface area contributed by atoms with Crippen LogP contribution in [0.15, 0.2) is 46.9 Å². The van der Waals surface area contributed by atoms with Crippen molar-refractivity contribution in [2.24, 2.45) is 0 Å². The number of hydrogen-bond acceptors (Lipinski definition) is 4. The number of amides is 1. The molecule has 3 rings (SSSR count). The molecule has 0 spiro atoms. The second-order valence-electron chi connectivity index (χ2n) is 6.24. The second-order valence-corrected chi connectivity index (χ2v) is 6.24. The maximum absolute atomic E-state index is 12.9. The van der Waals surface area contributed by atoms with Crippen LogP contribution in [0, 0.1) is 0 Å². The second kappa shape index (κ2) is 7.84. The average molecular weight is 469 g/mol. The van der Waals surface area contributed by atoms with E-state index < -0.39 is 52.7 Å². The fourth-order valence-electron chi connectivity index (χ4n) is 2.45. The molecule has 1 heterocycles. The van der Waals surface area contributed by atoms with Gasteiger partial charge < -0.3 is 4.42 Å². The third-order valence-electron chi connectivity index (χ3n) is 3.95. The van der Waals surface area contributed by atoms with Crippen LogP contribution in [-0.2, 0) is 18.5 Å². The van der Waals surface area contributed by atoms with Crippen molar-refractivity contribution in [3.63, 3.8) is 0 Å². The lowest BCUT2D eigenvalue weighted by molar-refractivity contribution is -0.143. The van der Waals surface area contributed by atoms with Gasteiger partial charge in [0.25, 0.3) is 5.91 Å². The first-order chi connectivity index (χ1) is 14.6. The summed E-state index contributed by atoms with van der Waals surface area (Å²) >= 11 is 0. The Morgan fingerprint density at radius 2 is 1.22 bits per heavy atom. The minimum absolute atomic E-state index is 0.0180. The molecule has 0 unspecified atom stereocenters. The average Bonchev–Trinajstić information content (AvgIpc) is 3.14. The highest BCUT2D eigenvalue weighted by atomic mass is 19.4. The van der Waals surface area contributed by atoms with Gasteiger partial charge in [-0.25, -0.2) is 0 Å². The van der Waals surface area contributed by atoms with Gasteiger partial charge in [0.15, 0.2) is 0 Å². The highest BCUT2D eigenvalue weighted by Gasteiger charge is 2.37. The quantitative estimate of drug-likeness (QED) is 0.475. The largest absolute Gasteiger partial charge is 0.416 e. The Morgan fingerprint density at radius 1 is 0.719 bits per heavy atom. The number of aromatic nitrogens is 2. The van der Waals surface area contributed by atoms with Crippen molar-refractivity contribution in [1.29, 1.82) is 0 Å². The molecule has 1 aromatic heterocycles. The van der Waals surface area contributed by atoms with Crippen molar-refractivity contribution in [1.82, 2.24) is 10.2 Å². The van der Waals surface area contributed by atoms with Crippen molar-refractivity contribution in [2.45, 2.75) is 18.5 Å². The summed E-state index contributed by atoms with van der Waals surface area (Å²) in [7, 11) is 0. The summed E-state index contributed by atoms with van der Waals surface area (Å²) in [5.41, 5.74) is -5.33. The van der Waals surface area contributed by atoms with Gasteiger partial charge in [-0.05, 0) is 42.5 Å². The number of anilines is 1. The lowest BCUT2D eigenvalue weighted by Crippen LogP contribution is -2.17.